The molecule has 0 radical (unpaired) electrons. The zero-order chi connectivity index (χ0) is 14.0. The summed E-state index contributed by atoms with van der Waals surface area (Å²) in [5.74, 6) is 0.496. The molecular formula is C18H24S. The predicted molar refractivity (Wildman–Crippen MR) is 87.5 cm³/mol. The molecule has 1 aromatic rings. The average Bonchev–Trinajstić information content (AvgIpc) is 2.34. The molecule has 0 fully saturated rings. The standard InChI is InChI=1S/C18H24S/c1-13(2)11-17-18(4,5)16(12-14(3)19-17)15-9-7-6-8-10-15/h6-12,16-17H,1-5H3/t16-,17-/m1/s1. The third-order valence-corrected chi connectivity index (χ3v) is 5.40. The Bertz CT molecular complexity index is 490. The zero-order valence-corrected chi connectivity index (χ0v) is 13.4. The van der Waals surface area contributed by atoms with Crippen molar-refractivity contribution in [3.8, 4) is 0 Å². The van der Waals surface area contributed by atoms with Crippen LogP contribution in [0.3, 0.4) is 0 Å². The fourth-order valence-electron chi connectivity index (χ4n) is 2.76. The fraction of sp³-hybridized carbons (Fsp3) is 0.444. The first-order valence-electron chi connectivity index (χ1n) is 6.96. The Labute approximate surface area is 122 Å². The summed E-state index contributed by atoms with van der Waals surface area (Å²) in [5, 5.41) is 0.549. The lowest BCUT2D eigenvalue weighted by Gasteiger charge is -2.42. The van der Waals surface area contributed by atoms with Gasteiger partial charge < -0.3 is 0 Å². The molecule has 1 heterocycles. The molecule has 1 aliphatic heterocycles. The van der Waals surface area contributed by atoms with Gasteiger partial charge in [0.1, 0.15) is 0 Å². The van der Waals surface area contributed by atoms with Gasteiger partial charge in [-0.1, -0.05) is 61.9 Å². The molecule has 2 atom stereocenters. The first kappa shape index (κ1) is 14.5. The van der Waals surface area contributed by atoms with Crippen molar-refractivity contribution in [2.45, 2.75) is 45.8 Å². The van der Waals surface area contributed by atoms with Crippen LogP contribution in [0.4, 0.5) is 0 Å². The average molecular weight is 272 g/mol. The smallest absolute Gasteiger partial charge is 0.0333 e. The lowest BCUT2D eigenvalue weighted by molar-refractivity contribution is 0.334. The first-order chi connectivity index (χ1) is 8.91. The van der Waals surface area contributed by atoms with E-state index in [2.05, 4.69) is 77.1 Å². The van der Waals surface area contributed by atoms with Gasteiger partial charge in [0.05, 0.1) is 0 Å². The van der Waals surface area contributed by atoms with Gasteiger partial charge in [0.25, 0.3) is 0 Å². The molecule has 1 heteroatoms. The van der Waals surface area contributed by atoms with E-state index in [0.717, 1.165) is 0 Å². The van der Waals surface area contributed by atoms with Crippen LogP contribution < -0.4 is 0 Å². The molecule has 0 aliphatic carbocycles. The monoisotopic (exact) mass is 272 g/mol. The normalized spacial score (nSPS) is 25.6. The van der Waals surface area contributed by atoms with Crippen molar-refractivity contribution >= 4 is 11.8 Å². The molecule has 0 aromatic heterocycles. The highest BCUT2D eigenvalue weighted by Gasteiger charge is 2.39. The van der Waals surface area contributed by atoms with E-state index < -0.39 is 0 Å². The largest absolute Gasteiger partial charge is 0.123 e. The number of thioether (sulfide) groups is 1. The fourth-order valence-corrected chi connectivity index (χ4v) is 4.16. The lowest BCUT2D eigenvalue weighted by atomic mass is 9.71. The highest BCUT2D eigenvalue weighted by Crippen LogP contribution is 2.51. The summed E-state index contributed by atoms with van der Waals surface area (Å²) < 4.78 is 0. The molecule has 0 spiro atoms. The van der Waals surface area contributed by atoms with Crippen molar-refractivity contribution in [2.24, 2.45) is 5.41 Å². The Morgan fingerprint density at radius 1 is 1.16 bits per heavy atom. The third-order valence-electron chi connectivity index (χ3n) is 3.89. The number of allylic oxidation sites excluding steroid dienone is 3. The molecule has 0 saturated carbocycles. The molecule has 1 aliphatic rings. The van der Waals surface area contributed by atoms with Crippen LogP contribution in [-0.2, 0) is 0 Å². The van der Waals surface area contributed by atoms with E-state index in [9.17, 15) is 0 Å². The lowest BCUT2D eigenvalue weighted by Crippen LogP contribution is -2.34. The van der Waals surface area contributed by atoms with Gasteiger partial charge in [-0.15, -0.1) is 11.8 Å². The molecule has 2 rings (SSSR count). The number of hydrogen-bond acceptors (Lipinski definition) is 1. The minimum atomic E-state index is 0.239. The maximum absolute atomic E-state index is 2.44. The van der Waals surface area contributed by atoms with Gasteiger partial charge in [-0.3, -0.25) is 0 Å². The molecule has 0 bridgehead atoms. The van der Waals surface area contributed by atoms with Crippen molar-refractivity contribution in [1.82, 2.24) is 0 Å². The summed E-state index contributed by atoms with van der Waals surface area (Å²) in [6.07, 6.45) is 4.87. The molecule has 19 heavy (non-hydrogen) atoms. The quantitative estimate of drug-likeness (QED) is 0.615. The van der Waals surface area contributed by atoms with Gasteiger partial charge >= 0.3 is 0 Å². The summed E-state index contributed by atoms with van der Waals surface area (Å²) >= 11 is 2.00. The minimum absolute atomic E-state index is 0.239. The Morgan fingerprint density at radius 3 is 2.37 bits per heavy atom. The van der Waals surface area contributed by atoms with E-state index in [4.69, 9.17) is 0 Å². The highest BCUT2D eigenvalue weighted by molar-refractivity contribution is 8.03. The molecule has 0 amide bonds. The molecular weight excluding hydrogens is 248 g/mol. The predicted octanol–water partition coefficient (Wildman–Crippen LogP) is 5.78. The maximum atomic E-state index is 2.44. The molecule has 0 N–H and O–H groups in total. The summed E-state index contributed by atoms with van der Waals surface area (Å²) in [7, 11) is 0. The van der Waals surface area contributed by atoms with Crippen LogP contribution in [0.25, 0.3) is 0 Å². The Kier molecular flexibility index (Phi) is 4.25. The molecule has 0 nitrogen and oxygen atoms in total. The van der Waals surface area contributed by atoms with Gasteiger partial charge in [-0.05, 0) is 36.7 Å². The number of rotatable bonds is 2. The second-order valence-corrected chi connectivity index (χ2v) is 7.66. The van der Waals surface area contributed by atoms with Gasteiger partial charge in [-0.25, -0.2) is 0 Å². The van der Waals surface area contributed by atoms with E-state index >= 15 is 0 Å². The van der Waals surface area contributed by atoms with Gasteiger partial charge in [-0.2, -0.15) is 0 Å². The van der Waals surface area contributed by atoms with Crippen LogP contribution in [0.15, 0.2) is 53.0 Å². The number of hydrogen-bond donors (Lipinski definition) is 0. The highest BCUT2D eigenvalue weighted by atomic mass is 32.2. The summed E-state index contributed by atoms with van der Waals surface area (Å²) in [6, 6.07) is 10.9. The van der Waals surface area contributed by atoms with E-state index in [1.807, 2.05) is 11.8 Å². The van der Waals surface area contributed by atoms with Crippen LogP contribution in [0, 0.1) is 5.41 Å². The van der Waals surface area contributed by atoms with Crippen molar-refractivity contribution in [3.05, 3.63) is 58.5 Å². The van der Waals surface area contributed by atoms with Crippen LogP contribution in [-0.4, -0.2) is 5.25 Å². The third kappa shape index (κ3) is 3.14. The summed E-state index contributed by atoms with van der Waals surface area (Å²) in [4.78, 5) is 1.44. The Hall–Kier alpha value is -0.950. The van der Waals surface area contributed by atoms with Gasteiger partial charge in [0, 0.05) is 11.2 Å². The summed E-state index contributed by atoms with van der Waals surface area (Å²) in [6.45, 7) is 11.4. The van der Waals surface area contributed by atoms with Crippen molar-refractivity contribution < 1.29 is 0 Å². The SMILES string of the molecule is CC(C)=C[C@H]1SC(C)=C[C@H](c2ccccc2)C1(C)C. The van der Waals surface area contributed by atoms with Crippen molar-refractivity contribution in [2.75, 3.05) is 0 Å². The van der Waals surface area contributed by atoms with E-state index in [0.29, 0.717) is 11.2 Å². The molecule has 0 unspecified atom stereocenters. The van der Waals surface area contributed by atoms with E-state index in [1.54, 1.807) is 0 Å². The van der Waals surface area contributed by atoms with Gasteiger partial charge in [0.15, 0.2) is 0 Å². The number of benzene rings is 1. The zero-order valence-electron chi connectivity index (χ0n) is 12.6. The first-order valence-corrected chi connectivity index (χ1v) is 7.84. The Morgan fingerprint density at radius 2 is 1.79 bits per heavy atom. The van der Waals surface area contributed by atoms with Crippen molar-refractivity contribution in [3.63, 3.8) is 0 Å². The van der Waals surface area contributed by atoms with Crippen LogP contribution in [0.5, 0.6) is 0 Å². The van der Waals surface area contributed by atoms with E-state index in [-0.39, 0.29) is 5.41 Å². The van der Waals surface area contributed by atoms with Gasteiger partial charge in [0.2, 0.25) is 0 Å². The minimum Gasteiger partial charge on any atom is -0.123 e. The topological polar surface area (TPSA) is 0 Å². The van der Waals surface area contributed by atoms with E-state index in [1.165, 1.54) is 16.0 Å². The van der Waals surface area contributed by atoms with Crippen LogP contribution in [0.2, 0.25) is 0 Å². The maximum Gasteiger partial charge on any atom is 0.0333 e. The van der Waals surface area contributed by atoms with Crippen LogP contribution >= 0.6 is 11.8 Å². The molecule has 0 saturated heterocycles. The summed E-state index contributed by atoms with van der Waals surface area (Å²) in [5.41, 5.74) is 3.08. The Balaban J connectivity index is 2.43. The molecule has 1 aromatic carbocycles. The second kappa shape index (κ2) is 5.58. The van der Waals surface area contributed by atoms with Crippen LogP contribution in [0.1, 0.15) is 46.1 Å². The molecule has 102 valence electrons. The van der Waals surface area contributed by atoms with Crippen molar-refractivity contribution in [1.29, 1.82) is 0 Å². The second-order valence-electron chi connectivity index (χ2n) is 6.27.